The minimum absolute atomic E-state index is 0.0408. The van der Waals surface area contributed by atoms with Crippen LogP contribution in [-0.4, -0.2) is 48.1 Å². The number of hydrogen-bond donors (Lipinski definition) is 3. The molecule has 88 valence electrons. The van der Waals surface area contributed by atoms with Crippen LogP contribution in [0.1, 0.15) is 19.3 Å². The van der Waals surface area contributed by atoms with Gasteiger partial charge in [-0.3, -0.25) is 9.59 Å². The molecular weight excluding hydrogens is 198 g/mol. The van der Waals surface area contributed by atoms with Gasteiger partial charge < -0.3 is 21.5 Å². The molecule has 0 bridgehead atoms. The summed E-state index contributed by atoms with van der Waals surface area (Å²) in [5, 5.41) is 8.51. The zero-order chi connectivity index (χ0) is 11.7. The number of nitrogens with zero attached hydrogens (tertiary/aromatic N) is 1. The third kappa shape index (κ3) is 6.87. The molecule has 6 nitrogen and oxygen atoms in total. The lowest BCUT2D eigenvalue weighted by atomic mass is 10.3. The van der Waals surface area contributed by atoms with Gasteiger partial charge in [-0.25, -0.2) is 0 Å². The van der Waals surface area contributed by atoms with E-state index in [1.165, 1.54) is 4.90 Å². The van der Waals surface area contributed by atoms with Crippen LogP contribution in [0.25, 0.3) is 0 Å². The van der Waals surface area contributed by atoms with E-state index in [0.717, 1.165) is 0 Å². The SMILES string of the molecule is NCCCN(CCC(=O)O)C(=O)CCN. The first-order chi connectivity index (χ1) is 7.11. The van der Waals surface area contributed by atoms with E-state index in [0.29, 0.717) is 19.5 Å². The summed E-state index contributed by atoms with van der Waals surface area (Å²) >= 11 is 0. The lowest BCUT2D eigenvalue weighted by Gasteiger charge is -2.21. The van der Waals surface area contributed by atoms with Gasteiger partial charge in [-0.15, -0.1) is 0 Å². The monoisotopic (exact) mass is 217 g/mol. The van der Waals surface area contributed by atoms with E-state index in [-0.39, 0.29) is 31.8 Å². The molecule has 0 aromatic carbocycles. The van der Waals surface area contributed by atoms with Crippen molar-refractivity contribution in [1.82, 2.24) is 4.90 Å². The summed E-state index contributed by atoms with van der Waals surface area (Å²) in [4.78, 5) is 23.4. The molecular formula is C9H19N3O3. The summed E-state index contributed by atoms with van der Waals surface area (Å²) < 4.78 is 0. The van der Waals surface area contributed by atoms with Gasteiger partial charge in [0.2, 0.25) is 5.91 Å². The Morgan fingerprint density at radius 3 is 2.20 bits per heavy atom. The zero-order valence-electron chi connectivity index (χ0n) is 8.82. The quantitative estimate of drug-likeness (QED) is 0.482. The lowest BCUT2D eigenvalue weighted by Crippen LogP contribution is -2.35. The maximum absolute atomic E-state index is 11.5. The van der Waals surface area contributed by atoms with Gasteiger partial charge in [0, 0.05) is 26.1 Å². The van der Waals surface area contributed by atoms with Gasteiger partial charge in [0.25, 0.3) is 0 Å². The molecule has 5 N–H and O–H groups in total. The molecule has 6 heteroatoms. The molecule has 0 saturated carbocycles. The van der Waals surface area contributed by atoms with Crippen molar-refractivity contribution in [2.45, 2.75) is 19.3 Å². The number of carbonyl (C=O) groups excluding carboxylic acids is 1. The largest absolute Gasteiger partial charge is 0.481 e. The molecule has 0 rings (SSSR count). The number of rotatable bonds is 8. The van der Waals surface area contributed by atoms with Gasteiger partial charge in [-0.05, 0) is 13.0 Å². The van der Waals surface area contributed by atoms with Gasteiger partial charge in [-0.2, -0.15) is 0 Å². The summed E-state index contributed by atoms with van der Waals surface area (Å²) in [5.41, 5.74) is 10.6. The van der Waals surface area contributed by atoms with E-state index in [9.17, 15) is 9.59 Å². The Morgan fingerprint density at radius 2 is 1.73 bits per heavy atom. The number of carboxylic acid groups (broad SMARTS) is 1. The fourth-order valence-electron chi connectivity index (χ4n) is 1.16. The summed E-state index contributed by atoms with van der Waals surface area (Å²) in [6.07, 6.45) is 0.890. The molecule has 0 radical (unpaired) electrons. The van der Waals surface area contributed by atoms with Gasteiger partial charge in [0.05, 0.1) is 6.42 Å². The van der Waals surface area contributed by atoms with Crippen LogP contribution in [-0.2, 0) is 9.59 Å². The van der Waals surface area contributed by atoms with Crippen LogP contribution < -0.4 is 11.5 Å². The van der Waals surface area contributed by atoms with Crippen molar-refractivity contribution in [1.29, 1.82) is 0 Å². The van der Waals surface area contributed by atoms with E-state index < -0.39 is 5.97 Å². The van der Waals surface area contributed by atoms with Gasteiger partial charge in [0.15, 0.2) is 0 Å². The van der Waals surface area contributed by atoms with Crippen molar-refractivity contribution in [2.24, 2.45) is 11.5 Å². The highest BCUT2D eigenvalue weighted by atomic mass is 16.4. The molecule has 0 heterocycles. The molecule has 0 unspecified atom stereocenters. The molecule has 15 heavy (non-hydrogen) atoms. The summed E-state index contributed by atoms with van der Waals surface area (Å²) in [6, 6.07) is 0. The number of carboxylic acids is 1. The molecule has 0 aromatic heterocycles. The van der Waals surface area contributed by atoms with Crippen LogP contribution in [0.5, 0.6) is 0 Å². The Bertz CT molecular complexity index is 209. The van der Waals surface area contributed by atoms with E-state index in [1.54, 1.807) is 0 Å². The van der Waals surface area contributed by atoms with Crippen LogP contribution in [0.15, 0.2) is 0 Å². The zero-order valence-corrected chi connectivity index (χ0v) is 8.82. The van der Waals surface area contributed by atoms with Crippen molar-refractivity contribution in [3.63, 3.8) is 0 Å². The topological polar surface area (TPSA) is 110 Å². The Balaban J connectivity index is 4.04. The highest BCUT2D eigenvalue weighted by molar-refractivity contribution is 5.77. The lowest BCUT2D eigenvalue weighted by molar-refractivity contribution is -0.138. The highest BCUT2D eigenvalue weighted by Crippen LogP contribution is 1.98. The number of amides is 1. The average molecular weight is 217 g/mol. The molecule has 0 aromatic rings. The maximum atomic E-state index is 11.5. The van der Waals surface area contributed by atoms with E-state index in [2.05, 4.69) is 0 Å². The van der Waals surface area contributed by atoms with Crippen molar-refractivity contribution in [3.05, 3.63) is 0 Å². The summed E-state index contributed by atoms with van der Waals surface area (Å²) in [7, 11) is 0. The Hall–Kier alpha value is -1.14. The van der Waals surface area contributed by atoms with Gasteiger partial charge in [0.1, 0.15) is 0 Å². The van der Waals surface area contributed by atoms with Crippen LogP contribution in [0.2, 0.25) is 0 Å². The second-order valence-electron chi connectivity index (χ2n) is 3.21. The van der Waals surface area contributed by atoms with Crippen molar-refractivity contribution in [3.8, 4) is 0 Å². The summed E-state index contributed by atoms with van der Waals surface area (Å²) in [5.74, 6) is -1.01. The van der Waals surface area contributed by atoms with Crippen molar-refractivity contribution >= 4 is 11.9 Å². The van der Waals surface area contributed by atoms with E-state index >= 15 is 0 Å². The average Bonchev–Trinajstić information content (AvgIpc) is 2.17. The minimum Gasteiger partial charge on any atom is -0.481 e. The normalized spacial score (nSPS) is 10.0. The van der Waals surface area contributed by atoms with Crippen LogP contribution in [0, 0.1) is 0 Å². The first-order valence-electron chi connectivity index (χ1n) is 5.01. The molecule has 0 saturated heterocycles. The first-order valence-corrected chi connectivity index (χ1v) is 5.01. The number of hydrogen-bond acceptors (Lipinski definition) is 4. The number of carbonyl (C=O) groups is 2. The molecule has 1 amide bonds. The first kappa shape index (κ1) is 13.9. The molecule has 0 fully saturated rings. The Morgan fingerprint density at radius 1 is 1.07 bits per heavy atom. The Kier molecular flexibility index (Phi) is 7.57. The van der Waals surface area contributed by atoms with E-state index in [1.807, 2.05) is 0 Å². The van der Waals surface area contributed by atoms with E-state index in [4.69, 9.17) is 16.6 Å². The van der Waals surface area contributed by atoms with Gasteiger partial charge in [-0.1, -0.05) is 0 Å². The second kappa shape index (κ2) is 8.19. The highest BCUT2D eigenvalue weighted by Gasteiger charge is 2.12. The molecule has 0 aliphatic heterocycles. The third-order valence-electron chi connectivity index (χ3n) is 1.94. The van der Waals surface area contributed by atoms with Crippen molar-refractivity contribution < 1.29 is 14.7 Å². The molecule has 0 aliphatic rings. The summed E-state index contributed by atoms with van der Waals surface area (Å²) in [6.45, 7) is 1.50. The predicted octanol–water partition coefficient (Wildman–Crippen LogP) is -1.01. The molecule has 0 aliphatic carbocycles. The number of nitrogens with two attached hydrogens (primary N) is 2. The predicted molar refractivity (Wildman–Crippen MR) is 56.2 cm³/mol. The van der Waals surface area contributed by atoms with Crippen LogP contribution in [0.3, 0.4) is 0 Å². The standard InChI is InChI=1S/C9H19N3O3/c10-4-1-6-12(7-3-9(14)15)8(13)2-5-11/h1-7,10-11H2,(H,14,15). The van der Waals surface area contributed by atoms with Crippen molar-refractivity contribution in [2.75, 3.05) is 26.2 Å². The van der Waals surface area contributed by atoms with Crippen LogP contribution in [0.4, 0.5) is 0 Å². The van der Waals surface area contributed by atoms with Gasteiger partial charge >= 0.3 is 5.97 Å². The Labute approximate surface area is 89.2 Å². The van der Waals surface area contributed by atoms with Crippen LogP contribution >= 0.6 is 0 Å². The second-order valence-corrected chi connectivity index (χ2v) is 3.21. The fourth-order valence-corrected chi connectivity index (χ4v) is 1.16. The molecule has 0 atom stereocenters. The third-order valence-corrected chi connectivity index (χ3v) is 1.94. The maximum Gasteiger partial charge on any atom is 0.305 e. The fraction of sp³-hybridized carbons (Fsp3) is 0.778. The molecule has 0 spiro atoms. The number of aliphatic carboxylic acids is 1. The minimum atomic E-state index is -0.909. The smallest absolute Gasteiger partial charge is 0.305 e.